The Morgan fingerprint density at radius 3 is 2.29 bits per heavy atom. The van der Waals surface area contributed by atoms with Gasteiger partial charge in [0.2, 0.25) is 0 Å². The van der Waals surface area contributed by atoms with Crippen molar-refractivity contribution in [3.63, 3.8) is 0 Å². The first-order valence-electron chi connectivity index (χ1n) is 11.2. The van der Waals surface area contributed by atoms with Gasteiger partial charge in [0.25, 0.3) is 11.8 Å². The third-order valence-corrected chi connectivity index (χ3v) is 6.34. The van der Waals surface area contributed by atoms with Crippen molar-refractivity contribution in [1.29, 1.82) is 0 Å². The molecular formula is C27H22F4N2O2. The van der Waals surface area contributed by atoms with Crippen molar-refractivity contribution in [2.24, 2.45) is 5.73 Å². The Kier molecular flexibility index (Phi) is 5.84. The van der Waals surface area contributed by atoms with E-state index in [1.807, 2.05) is 6.07 Å². The number of nitrogens with two attached hydrogens (primary N) is 1. The van der Waals surface area contributed by atoms with Crippen LogP contribution in [0.4, 0.5) is 17.6 Å². The van der Waals surface area contributed by atoms with Crippen molar-refractivity contribution < 1.29 is 26.8 Å². The number of nitrogens with zero attached hydrogens (tertiary/aromatic N) is 1. The summed E-state index contributed by atoms with van der Waals surface area (Å²) in [6.45, 7) is 0.191. The molecule has 4 aromatic rings. The highest BCUT2D eigenvalue weighted by Gasteiger charge is 2.35. The van der Waals surface area contributed by atoms with Crippen LogP contribution in [0, 0.1) is 11.6 Å². The fraction of sp³-hybridized carbons (Fsp3) is 0.222. The van der Waals surface area contributed by atoms with Crippen molar-refractivity contribution >= 4 is 16.9 Å². The van der Waals surface area contributed by atoms with E-state index in [1.54, 1.807) is 36.4 Å². The van der Waals surface area contributed by atoms with Gasteiger partial charge in [-0.3, -0.25) is 4.79 Å². The summed E-state index contributed by atoms with van der Waals surface area (Å²) in [5.74, 6) is -3.90. The number of likely N-dealkylation sites (tertiary alicyclic amines) is 1. The molecule has 0 unspecified atom stereocenters. The van der Waals surface area contributed by atoms with Crippen LogP contribution in [-0.2, 0) is 6.54 Å². The maximum absolute atomic E-state index is 14.7. The lowest BCUT2D eigenvalue weighted by Gasteiger charge is -2.31. The number of hydrogen-bond acceptors (Lipinski definition) is 3. The minimum absolute atomic E-state index is 0.0147. The van der Waals surface area contributed by atoms with E-state index < -0.39 is 17.6 Å². The van der Waals surface area contributed by atoms with Gasteiger partial charge < -0.3 is 15.1 Å². The molecule has 0 bridgehead atoms. The number of halogens is 4. The Hall–Kier alpha value is -3.65. The predicted molar refractivity (Wildman–Crippen MR) is 125 cm³/mol. The molecule has 1 aliphatic rings. The van der Waals surface area contributed by atoms with Crippen LogP contribution in [0.25, 0.3) is 33.2 Å². The lowest BCUT2D eigenvalue weighted by Crippen LogP contribution is -2.42. The number of carbonyl (C=O) groups excluding carboxylic acids is 1. The largest absolute Gasteiger partial charge is 0.459 e. The molecule has 1 fully saturated rings. The van der Waals surface area contributed by atoms with Crippen LogP contribution in [0.3, 0.4) is 0 Å². The number of rotatable bonds is 4. The molecule has 0 spiro atoms. The van der Waals surface area contributed by atoms with Gasteiger partial charge in [-0.15, -0.1) is 0 Å². The maximum atomic E-state index is 14.7. The third-order valence-electron chi connectivity index (χ3n) is 6.34. The van der Waals surface area contributed by atoms with Crippen molar-refractivity contribution in [3.05, 3.63) is 83.6 Å². The monoisotopic (exact) mass is 482 g/mol. The summed E-state index contributed by atoms with van der Waals surface area (Å²) in [6.07, 6.45) is -0.676. The highest BCUT2D eigenvalue weighted by Crippen LogP contribution is 2.37. The highest BCUT2D eigenvalue weighted by molar-refractivity contribution is 5.98. The minimum atomic E-state index is -2.72. The van der Waals surface area contributed by atoms with Crippen LogP contribution in [0.5, 0.6) is 0 Å². The molecule has 1 aromatic heterocycles. The zero-order valence-electron chi connectivity index (χ0n) is 18.7. The van der Waals surface area contributed by atoms with Gasteiger partial charge in [0.15, 0.2) is 0 Å². The highest BCUT2D eigenvalue weighted by atomic mass is 19.3. The van der Waals surface area contributed by atoms with Crippen molar-refractivity contribution in [1.82, 2.24) is 4.90 Å². The van der Waals surface area contributed by atoms with Crippen LogP contribution >= 0.6 is 0 Å². The lowest BCUT2D eigenvalue weighted by atomic mass is 9.95. The normalized spacial score (nSPS) is 15.5. The zero-order chi connectivity index (χ0) is 24.7. The van der Waals surface area contributed by atoms with E-state index in [4.69, 9.17) is 10.2 Å². The molecule has 0 atom stereocenters. The smallest absolute Gasteiger partial charge is 0.253 e. The van der Waals surface area contributed by atoms with E-state index in [2.05, 4.69) is 0 Å². The van der Waals surface area contributed by atoms with E-state index in [1.165, 1.54) is 17.0 Å². The second-order valence-electron chi connectivity index (χ2n) is 8.71. The van der Waals surface area contributed by atoms with Gasteiger partial charge in [0.05, 0.1) is 6.54 Å². The number of piperidine rings is 1. The van der Waals surface area contributed by atoms with Crippen LogP contribution in [0.1, 0.15) is 29.0 Å². The number of carbonyl (C=O) groups is 1. The van der Waals surface area contributed by atoms with Gasteiger partial charge in [-0.1, -0.05) is 12.1 Å². The van der Waals surface area contributed by atoms with Crippen molar-refractivity contribution in [3.8, 4) is 22.3 Å². The molecule has 2 N–H and O–H groups in total. The van der Waals surface area contributed by atoms with Gasteiger partial charge in [-0.25, -0.2) is 17.6 Å². The summed E-state index contributed by atoms with van der Waals surface area (Å²) < 4.78 is 60.8. The molecule has 0 aliphatic carbocycles. The van der Waals surface area contributed by atoms with Crippen LogP contribution in [-0.4, -0.2) is 29.8 Å². The summed E-state index contributed by atoms with van der Waals surface area (Å²) in [4.78, 5) is 14.2. The van der Waals surface area contributed by atoms with Gasteiger partial charge >= 0.3 is 0 Å². The van der Waals surface area contributed by atoms with Gasteiger partial charge in [0.1, 0.15) is 23.0 Å². The molecular weight excluding hydrogens is 460 g/mol. The maximum Gasteiger partial charge on any atom is 0.253 e. The Bertz CT molecular complexity index is 1400. The summed E-state index contributed by atoms with van der Waals surface area (Å²) in [6, 6.07) is 15.5. The number of benzene rings is 3. The molecule has 0 radical (unpaired) electrons. The first-order valence-corrected chi connectivity index (χ1v) is 11.2. The Balaban J connectivity index is 1.50. The molecule has 8 heteroatoms. The summed E-state index contributed by atoms with van der Waals surface area (Å²) in [5, 5.41) is 0.705. The topological polar surface area (TPSA) is 59.5 Å². The van der Waals surface area contributed by atoms with Crippen LogP contribution < -0.4 is 5.73 Å². The number of alkyl halides is 2. The molecule has 3 aromatic carbocycles. The summed E-state index contributed by atoms with van der Waals surface area (Å²) in [7, 11) is 0. The van der Waals surface area contributed by atoms with E-state index >= 15 is 0 Å². The number of hydrogen-bond donors (Lipinski definition) is 1. The number of amides is 1. The quantitative estimate of drug-likeness (QED) is 0.344. The molecule has 5 rings (SSSR count). The molecule has 2 heterocycles. The second-order valence-corrected chi connectivity index (χ2v) is 8.71. The first-order chi connectivity index (χ1) is 16.7. The van der Waals surface area contributed by atoms with Gasteiger partial charge in [-0.2, -0.15) is 0 Å². The molecule has 1 saturated heterocycles. The average molecular weight is 482 g/mol. The van der Waals surface area contributed by atoms with Crippen LogP contribution in [0.15, 0.2) is 65.1 Å². The standard InChI is InChI=1S/C27H22F4N2O2/c28-20-5-6-22(24(29)14-20)23-13-18(11-19-12-21(15-32)35-25(19)23)16-1-3-17(4-2-16)26(34)33-9-7-27(30,31)8-10-33/h1-6,11-14H,7-10,15,32H2. The fourth-order valence-corrected chi connectivity index (χ4v) is 4.41. The number of furan rings is 1. The van der Waals surface area contributed by atoms with E-state index in [0.717, 1.165) is 17.2 Å². The van der Waals surface area contributed by atoms with Gasteiger partial charge in [-0.05, 0) is 53.6 Å². The Labute approximate surface area is 198 Å². The fourth-order valence-electron chi connectivity index (χ4n) is 4.41. The number of fused-ring (bicyclic) bond motifs is 1. The molecule has 1 amide bonds. The molecule has 1 aliphatic heterocycles. The summed E-state index contributed by atoms with van der Waals surface area (Å²) >= 11 is 0. The third kappa shape index (κ3) is 4.53. The van der Waals surface area contributed by atoms with Crippen molar-refractivity contribution in [2.45, 2.75) is 25.3 Å². The second kappa shape index (κ2) is 8.85. The Morgan fingerprint density at radius 1 is 0.914 bits per heavy atom. The lowest BCUT2D eigenvalue weighted by molar-refractivity contribution is -0.0494. The van der Waals surface area contributed by atoms with Crippen molar-refractivity contribution in [2.75, 3.05) is 13.1 Å². The Morgan fingerprint density at radius 2 is 1.63 bits per heavy atom. The van der Waals surface area contributed by atoms with E-state index in [-0.39, 0.29) is 43.9 Å². The van der Waals surface area contributed by atoms with E-state index in [9.17, 15) is 22.4 Å². The molecule has 0 saturated carbocycles. The molecule has 180 valence electrons. The summed E-state index contributed by atoms with van der Waals surface area (Å²) in [5.41, 5.74) is 8.69. The van der Waals surface area contributed by atoms with Gasteiger partial charge in [0, 0.05) is 54.1 Å². The minimum Gasteiger partial charge on any atom is -0.459 e. The molecule has 35 heavy (non-hydrogen) atoms. The average Bonchev–Trinajstić information content (AvgIpc) is 3.27. The predicted octanol–water partition coefficient (Wildman–Crippen LogP) is 6.38. The molecule has 4 nitrogen and oxygen atoms in total. The SMILES string of the molecule is NCc1cc2cc(-c3ccc(C(=O)N4CCC(F)(F)CC4)cc3)cc(-c3ccc(F)cc3F)c2o1. The van der Waals surface area contributed by atoms with Crippen LogP contribution in [0.2, 0.25) is 0 Å². The van der Waals surface area contributed by atoms with E-state index in [0.29, 0.717) is 27.9 Å². The zero-order valence-corrected chi connectivity index (χ0v) is 18.7. The first kappa shape index (κ1) is 23.1.